The van der Waals surface area contributed by atoms with Crippen molar-refractivity contribution in [3.8, 4) is 11.3 Å². The maximum Gasteiger partial charge on any atom is 0.328 e. The van der Waals surface area contributed by atoms with Crippen molar-refractivity contribution < 1.29 is 9.90 Å². The molecule has 22 heavy (non-hydrogen) atoms. The quantitative estimate of drug-likeness (QED) is 0.723. The van der Waals surface area contributed by atoms with E-state index in [0.717, 1.165) is 6.08 Å². The van der Waals surface area contributed by atoms with Gasteiger partial charge < -0.3 is 5.11 Å². The van der Waals surface area contributed by atoms with E-state index in [9.17, 15) is 4.79 Å². The van der Waals surface area contributed by atoms with Gasteiger partial charge >= 0.3 is 5.97 Å². The maximum atomic E-state index is 10.8. The molecule has 0 fully saturated rings. The number of pyridine rings is 1. The molecule has 4 nitrogen and oxygen atoms in total. The van der Waals surface area contributed by atoms with Gasteiger partial charge in [0.15, 0.2) is 0 Å². The van der Waals surface area contributed by atoms with Crippen LogP contribution in [-0.4, -0.2) is 20.5 Å². The summed E-state index contributed by atoms with van der Waals surface area (Å²) in [4.78, 5) is 15.4. The second-order valence-corrected chi connectivity index (χ2v) is 5.41. The molecule has 0 radical (unpaired) electrons. The lowest BCUT2D eigenvalue weighted by Gasteiger charge is -2.03. The van der Waals surface area contributed by atoms with E-state index in [4.69, 9.17) is 28.3 Å². The number of hydrogen-bond acceptors (Lipinski definition) is 2. The topological polar surface area (TPSA) is 54.6 Å². The van der Waals surface area contributed by atoms with E-state index in [1.54, 1.807) is 22.6 Å². The Kier molecular flexibility index (Phi) is 3.88. The molecule has 0 atom stereocenters. The van der Waals surface area contributed by atoms with E-state index in [1.807, 2.05) is 24.4 Å². The molecule has 1 aromatic carbocycles. The number of rotatable bonds is 3. The molecule has 3 aromatic rings. The van der Waals surface area contributed by atoms with E-state index < -0.39 is 5.97 Å². The van der Waals surface area contributed by atoms with Crippen LogP contribution in [-0.2, 0) is 4.79 Å². The fourth-order valence-electron chi connectivity index (χ4n) is 2.20. The van der Waals surface area contributed by atoms with Gasteiger partial charge in [-0.3, -0.25) is 4.40 Å². The van der Waals surface area contributed by atoms with Crippen molar-refractivity contribution in [1.82, 2.24) is 9.38 Å². The zero-order valence-corrected chi connectivity index (χ0v) is 12.7. The van der Waals surface area contributed by atoms with Gasteiger partial charge in [-0.1, -0.05) is 29.3 Å². The van der Waals surface area contributed by atoms with Gasteiger partial charge in [0.2, 0.25) is 0 Å². The monoisotopic (exact) mass is 332 g/mol. The van der Waals surface area contributed by atoms with Crippen LogP contribution in [0.1, 0.15) is 5.69 Å². The largest absolute Gasteiger partial charge is 0.478 e. The van der Waals surface area contributed by atoms with Gasteiger partial charge in [-0.15, -0.1) is 0 Å². The first-order valence-corrected chi connectivity index (χ1v) is 7.15. The molecule has 0 aliphatic carbocycles. The highest BCUT2D eigenvalue weighted by molar-refractivity contribution is 6.36. The highest BCUT2D eigenvalue weighted by Gasteiger charge is 2.14. The van der Waals surface area contributed by atoms with Gasteiger partial charge in [0.05, 0.1) is 16.4 Å². The molecule has 0 amide bonds. The van der Waals surface area contributed by atoms with Crippen LogP contribution in [0, 0.1) is 0 Å². The van der Waals surface area contributed by atoms with Crippen molar-refractivity contribution >= 4 is 40.9 Å². The van der Waals surface area contributed by atoms with Crippen molar-refractivity contribution in [3.63, 3.8) is 0 Å². The normalized spacial score (nSPS) is 11.4. The predicted octanol–water partition coefficient (Wildman–Crippen LogP) is 4.41. The Morgan fingerprint density at radius 1 is 1.23 bits per heavy atom. The van der Waals surface area contributed by atoms with Crippen LogP contribution in [0.3, 0.4) is 0 Å². The molecule has 0 saturated heterocycles. The Balaban J connectivity index is 2.28. The number of nitrogens with zero attached hydrogens (tertiary/aromatic N) is 2. The summed E-state index contributed by atoms with van der Waals surface area (Å²) in [5.41, 5.74) is 2.64. The molecular formula is C16H10Cl2N2O2. The van der Waals surface area contributed by atoms with Crippen LogP contribution >= 0.6 is 23.2 Å². The van der Waals surface area contributed by atoms with Crippen LogP contribution in [0.5, 0.6) is 0 Å². The highest BCUT2D eigenvalue weighted by Crippen LogP contribution is 2.33. The fourth-order valence-corrected chi connectivity index (χ4v) is 2.70. The number of halogens is 2. The van der Waals surface area contributed by atoms with Crippen LogP contribution < -0.4 is 0 Å². The number of hydrogen-bond donors (Lipinski definition) is 1. The third-order valence-electron chi connectivity index (χ3n) is 3.14. The third-order valence-corrected chi connectivity index (χ3v) is 3.68. The van der Waals surface area contributed by atoms with Crippen molar-refractivity contribution in [1.29, 1.82) is 0 Å². The average Bonchev–Trinajstić information content (AvgIpc) is 2.83. The second-order valence-electron chi connectivity index (χ2n) is 4.57. The van der Waals surface area contributed by atoms with Gasteiger partial charge in [0, 0.05) is 22.9 Å². The smallest absolute Gasteiger partial charge is 0.328 e. The summed E-state index contributed by atoms with van der Waals surface area (Å²) in [6.07, 6.45) is 4.39. The summed E-state index contributed by atoms with van der Waals surface area (Å²) in [6.45, 7) is 0. The maximum absolute atomic E-state index is 10.8. The number of carbonyl (C=O) groups is 1. The zero-order valence-electron chi connectivity index (χ0n) is 11.2. The summed E-state index contributed by atoms with van der Waals surface area (Å²) in [5.74, 6) is -1.03. The molecule has 2 aromatic heterocycles. The Bertz CT molecular complexity index is 900. The SMILES string of the molecule is O=C(O)/C=C/c1c(-c2ccc(Cl)cc2Cl)nc2ccccn12. The second kappa shape index (κ2) is 5.83. The molecule has 0 aliphatic rings. The molecule has 0 bridgehead atoms. The van der Waals surface area contributed by atoms with Crippen molar-refractivity contribution in [2.45, 2.75) is 0 Å². The van der Waals surface area contributed by atoms with Gasteiger partial charge in [0.25, 0.3) is 0 Å². The van der Waals surface area contributed by atoms with Crippen LogP contribution in [0.4, 0.5) is 0 Å². The molecule has 3 rings (SSSR count). The zero-order chi connectivity index (χ0) is 15.7. The minimum Gasteiger partial charge on any atom is -0.478 e. The lowest BCUT2D eigenvalue weighted by atomic mass is 10.1. The first kappa shape index (κ1) is 14.6. The number of benzene rings is 1. The van der Waals surface area contributed by atoms with Crippen molar-refractivity contribution in [3.05, 3.63) is 64.4 Å². The molecule has 0 unspecified atom stereocenters. The number of carboxylic acid groups (broad SMARTS) is 1. The van der Waals surface area contributed by atoms with Crippen LogP contribution in [0.2, 0.25) is 10.0 Å². The van der Waals surface area contributed by atoms with Gasteiger partial charge in [-0.05, 0) is 36.4 Å². The fraction of sp³-hybridized carbons (Fsp3) is 0. The van der Waals surface area contributed by atoms with Gasteiger partial charge in [0.1, 0.15) is 5.65 Å². The first-order valence-electron chi connectivity index (χ1n) is 6.40. The summed E-state index contributed by atoms with van der Waals surface area (Å²) >= 11 is 12.2. The molecule has 0 saturated carbocycles. The third kappa shape index (κ3) is 2.71. The lowest BCUT2D eigenvalue weighted by molar-refractivity contribution is -0.131. The highest BCUT2D eigenvalue weighted by atomic mass is 35.5. The minimum absolute atomic E-state index is 0.459. The Hall–Kier alpha value is -2.30. The van der Waals surface area contributed by atoms with Gasteiger partial charge in [-0.25, -0.2) is 9.78 Å². The lowest BCUT2D eigenvalue weighted by Crippen LogP contribution is -1.91. The van der Waals surface area contributed by atoms with E-state index in [1.165, 1.54) is 6.08 Å². The molecule has 1 N–H and O–H groups in total. The van der Waals surface area contributed by atoms with Crippen LogP contribution in [0.25, 0.3) is 23.0 Å². The number of aromatic nitrogens is 2. The summed E-state index contributed by atoms with van der Waals surface area (Å²) in [5, 5.41) is 9.86. The standard InChI is InChI=1S/C16H10Cl2N2O2/c17-10-4-5-11(12(18)9-10)16-13(6-7-15(21)22)20-8-2-1-3-14(20)19-16/h1-9H,(H,21,22)/b7-6+. The summed E-state index contributed by atoms with van der Waals surface area (Å²) < 4.78 is 1.81. The first-order chi connectivity index (χ1) is 10.6. The van der Waals surface area contributed by atoms with Gasteiger partial charge in [-0.2, -0.15) is 0 Å². The molecule has 2 heterocycles. The molecule has 0 aliphatic heterocycles. The summed E-state index contributed by atoms with van der Waals surface area (Å²) in [6, 6.07) is 10.7. The predicted molar refractivity (Wildman–Crippen MR) is 87.3 cm³/mol. The number of carboxylic acids is 1. The average molecular weight is 333 g/mol. The molecule has 6 heteroatoms. The Labute approximate surface area is 136 Å². The Morgan fingerprint density at radius 2 is 2.05 bits per heavy atom. The van der Waals surface area contributed by atoms with Crippen LogP contribution in [0.15, 0.2) is 48.7 Å². The minimum atomic E-state index is -1.03. The Morgan fingerprint density at radius 3 is 2.77 bits per heavy atom. The molecular weight excluding hydrogens is 323 g/mol. The molecule has 0 spiro atoms. The van der Waals surface area contributed by atoms with Crippen molar-refractivity contribution in [2.24, 2.45) is 0 Å². The summed E-state index contributed by atoms with van der Waals surface area (Å²) in [7, 11) is 0. The van der Waals surface area contributed by atoms with E-state index >= 15 is 0 Å². The molecule has 110 valence electrons. The number of imidazole rings is 1. The number of aliphatic carboxylic acids is 1. The van der Waals surface area contributed by atoms with Crippen molar-refractivity contribution in [2.75, 3.05) is 0 Å². The van der Waals surface area contributed by atoms with E-state index in [-0.39, 0.29) is 0 Å². The van der Waals surface area contributed by atoms with E-state index in [0.29, 0.717) is 32.6 Å². The number of fused-ring (bicyclic) bond motifs is 1. The van der Waals surface area contributed by atoms with E-state index in [2.05, 4.69) is 4.98 Å².